The Morgan fingerprint density at radius 2 is 0.917 bits per heavy atom. The zero-order valence-corrected chi connectivity index (χ0v) is 19.5. The summed E-state index contributed by atoms with van der Waals surface area (Å²) in [5.41, 5.74) is 2.05. The molecule has 8 heteroatoms. The number of amides is 2. The summed E-state index contributed by atoms with van der Waals surface area (Å²) in [5, 5.41) is 24.9. The van der Waals surface area contributed by atoms with Gasteiger partial charge in [0.15, 0.2) is 0 Å². The second-order valence-corrected chi connectivity index (χ2v) is 8.33. The highest BCUT2D eigenvalue weighted by Crippen LogP contribution is 2.31. The van der Waals surface area contributed by atoms with E-state index in [2.05, 4.69) is 10.6 Å². The van der Waals surface area contributed by atoms with Crippen LogP contribution in [0, 0.1) is 13.8 Å². The minimum Gasteiger partial charge on any atom is -0.478 e. The first-order valence-corrected chi connectivity index (χ1v) is 11.0. The SMILES string of the molecule is Cc1cccc(NC(=O)c2ccc(C(=O)Nc3cccc(C)c3)c3c(C(=O)O)ccc(C(=O)O)c23)c1. The highest BCUT2D eigenvalue weighted by Gasteiger charge is 2.25. The number of nitrogens with one attached hydrogen (secondary N) is 2. The molecule has 0 aliphatic carbocycles. The number of benzene rings is 4. The van der Waals surface area contributed by atoms with Crippen LogP contribution < -0.4 is 10.6 Å². The molecule has 2 amide bonds. The normalized spacial score (nSPS) is 10.6. The Bertz CT molecular complexity index is 1440. The van der Waals surface area contributed by atoms with Gasteiger partial charge in [-0.1, -0.05) is 24.3 Å². The van der Waals surface area contributed by atoms with Crippen LogP contribution in [0.3, 0.4) is 0 Å². The van der Waals surface area contributed by atoms with Gasteiger partial charge in [-0.3, -0.25) is 9.59 Å². The summed E-state index contributed by atoms with van der Waals surface area (Å²) in [7, 11) is 0. The van der Waals surface area contributed by atoms with E-state index in [0.29, 0.717) is 11.4 Å². The maximum Gasteiger partial charge on any atom is 0.336 e. The number of rotatable bonds is 6. The van der Waals surface area contributed by atoms with Crippen LogP contribution in [0.25, 0.3) is 10.8 Å². The largest absolute Gasteiger partial charge is 0.478 e. The molecule has 0 spiro atoms. The number of hydrogen-bond donors (Lipinski definition) is 4. The van der Waals surface area contributed by atoms with Gasteiger partial charge in [0.2, 0.25) is 0 Å². The van der Waals surface area contributed by atoms with Crippen LogP contribution in [0.4, 0.5) is 11.4 Å². The van der Waals surface area contributed by atoms with Crippen molar-refractivity contribution in [1.82, 2.24) is 0 Å². The highest BCUT2D eigenvalue weighted by molar-refractivity contribution is 6.26. The maximum absolute atomic E-state index is 13.3. The molecule has 0 saturated heterocycles. The first-order valence-electron chi connectivity index (χ1n) is 11.0. The van der Waals surface area contributed by atoms with Crippen LogP contribution in [0.15, 0.2) is 72.8 Å². The molecular formula is C28H22N2O6. The molecule has 4 aromatic rings. The fraction of sp³-hybridized carbons (Fsp3) is 0.0714. The smallest absolute Gasteiger partial charge is 0.336 e. The van der Waals surface area contributed by atoms with E-state index in [4.69, 9.17) is 0 Å². The Hall–Kier alpha value is -4.98. The minimum absolute atomic E-state index is 0.0703. The van der Waals surface area contributed by atoms with Gasteiger partial charge in [0.1, 0.15) is 0 Å². The number of carbonyl (C=O) groups excluding carboxylic acids is 2. The number of anilines is 2. The number of carboxylic acids is 2. The molecule has 0 saturated carbocycles. The predicted octanol–water partition coefficient (Wildman–Crippen LogP) is 5.36. The monoisotopic (exact) mass is 482 g/mol. The molecule has 0 unspecified atom stereocenters. The second kappa shape index (κ2) is 9.71. The molecule has 4 rings (SSSR count). The second-order valence-electron chi connectivity index (χ2n) is 8.33. The molecule has 36 heavy (non-hydrogen) atoms. The number of fused-ring (bicyclic) bond motifs is 1. The molecule has 4 aromatic carbocycles. The van der Waals surface area contributed by atoms with E-state index in [1.807, 2.05) is 26.0 Å². The fourth-order valence-electron chi connectivity index (χ4n) is 4.07. The highest BCUT2D eigenvalue weighted by atomic mass is 16.4. The summed E-state index contributed by atoms with van der Waals surface area (Å²) in [4.78, 5) is 50.7. The van der Waals surface area contributed by atoms with Gasteiger partial charge in [-0.05, 0) is 73.5 Å². The standard InChI is InChI=1S/C28H22N2O6/c1-15-5-3-7-17(13-15)29-25(31)19-9-10-20(26(32)30-18-8-4-6-16(2)14-18)24-22(28(35)36)12-11-21(23(19)24)27(33)34/h3-14H,1-2H3,(H,29,31)(H,30,32)(H,33,34)(H,35,36). The predicted molar refractivity (Wildman–Crippen MR) is 136 cm³/mol. The lowest BCUT2D eigenvalue weighted by Crippen LogP contribution is -2.18. The van der Waals surface area contributed by atoms with Gasteiger partial charge in [0.05, 0.1) is 11.1 Å². The van der Waals surface area contributed by atoms with Crippen molar-refractivity contribution in [2.75, 3.05) is 10.6 Å². The molecular weight excluding hydrogens is 460 g/mol. The molecule has 0 aromatic heterocycles. The van der Waals surface area contributed by atoms with Gasteiger partial charge < -0.3 is 20.8 Å². The Morgan fingerprint density at radius 1 is 0.556 bits per heavy atom. The van der Waals surface area contributed by atoms with Crippen LogP contribution in [0.1, 0.15) is 52.6 Å². The van der Waals surface area contributed by atoms with Gasteiger partial charge in [-0.2, -0.15) is 0 Å². The Labute approximate surface area is 206 Å². The van der Waals surface area contributed by atoms with Crippen molar-refractivity contribution in [3.63, 3.8) is 0 Å². The molecule has 0 aliphatic heterocycles. The first-order chi connectivity index (χ1) is 17.2. The van der Waals surface area contributed by atoms with Crippen LogP contribution in [-0.4, -0.2) is 34.0 Å². The van der Waals surface area contributed by atoms with Crippen molar-refractivity contribution in [3.05, 3.63) is 106 Å². The van der Waals surface area contributed by atoms with Gasteiger partial charge in [0, 0.05) is 33.3 Å². The molecule has 0 atom stereocenters. The summed E-state index contributed by atoms with van der Waals surface area (Å²) in [6.45, 7) is 3.71. The number of aromatic carboxylic acids is 2. The van der Waals surface area contributed by atoms with Crippen LogP contribution >= 0.6 is 0 Å². The maximum atomic E-state index is 13.3. The molecule has 0 aliphatic rings. The van der Waals surface area contributed by atoms with E-state index >= 15 is 0 Å². The molecule has 8 nitrogen and oxygen atoms in total. The molecule has 4 N–H and O–H groups in total. The lowest BCUT2D eigenvalue weighted by molar-refractivity contribution is 0.0684. The van der Waals surface area contributed by atoms with Crippen molar-refractivity contribution in [2.24, 2.45) is 0 Å². The van der Waals surface area contributed by atoms with Crippen molar-refractivity contribution in [1.29, 1.82) is 0 Å². The van der Waals surface area contributed by atoms with Gasteiger partial charge >= 0.3 is 11.9 Å². The Morgan fingerprint density at radius 3 is 1.25 bits per heavy atom. The van der Waals surface area contributed by atoms with Gasteiger partial charge in [0.25, 0.3) is 11.8 Å². The van der Waals surface area contributed by atoms with Crippen LogP contribution in [0.5, 0.6) is 0 Å². The average molecular weight is 482 g/mol. The summed E-state index contributed by atoms with van der Waals surface area (Å²) in [6.07, 6.45) is 0. The summed E-state index contributed by atoms with van der Waals surface area (Å²) < 4.78 is 0. The van der Waals surface area contributed by atoms with E-state index in [0.717, 1.165) is 23.3 Å². The lowest BCUT2D eigenvalue weighted by Gasteiger charge is -2.16. The van der Waals surface area contributed by atoms with Crippen molar-refractivity contribution >= 4 is 45.9 Å². The first kappa shape index (κ1) is 24.2. The Balaban J connectivity index is 1.92. The van der Waals surface area contributed by atoms with Gasteiger partial charge in [-0.15, -0.1) is 0 Å². The molecule has 0 radical (unpaired) electrons. The van der Waals surface area contributed by atoms with E-state index in [-0.39, 0.29) is 33.0 Å². The fourth-order valence-corrected chi connectivity index (χ4v) is 4.07. The molecule has 180 valence electrons. The third-order valence-corrected chi connectivity index (χ3v) is 5.66. The number of carbonyl (C=O) groups is 4. The van der Waals surface area contributed by atoms with E-state index in [1.54, 1.807) is 36.4 Å². The summed E-state index contributed by atoms with van der Waals surface area (Å²) in [5.74, 6) is -4.00. The quantitative estimate of drug-likeness (QED) is 0.293. The molecule has 0 bridgehead atoms. The van der Waals surface area contributed by atoms with Crippen molar-refractivity contribution in [2.45, 2.75) is 13.8 Å². The van der Waals surface area contributed by atoms with Crippen molar-refractivity contribution < 1.29 is 29.4 Å². The van der Waals surface area contributed by atoms with E-state index < -0.39 is 23.8 Å². The summed E-state index contributed by atoms with van der Waals surface area (Å²) >= 11 is 0. The number of aryl methyl sites for hydroxylation is 2. The third-order valence-electron chi connectivity index (χ3n) is 5.66. The molecule has 0 fully saturated rings. The number of hydrogen-bond acceptors (Lipinski definition) is 4. The summed E-state index contributed by atoms with van der Waals surface area (Å²) in [6, 6.07) is 19.0. The zero-order valence-electron chi connectivity index (χ0n) is 19.5. The molecule has 0 heterocycles. The average Bonchev–Trinajstić information content (AvgIpc) is 2.82. The third kappa shape index (κ3) is 4.78. The van der Waals surface area contributed by atoms with E-state index in [1.165, 1.54) is 12.1 Å². The van der Waals surface area contributed by atoms with Crippen LogP contribution in [0.2, 0.25) is 0 Å². The topological polar surface area (TPSA) is 133 Å². The minimum atomic E-state index is -1.36. The van der Waals surface area contributed by atoms with Crippen LogP contribution in [-0.2, 0) is 0 Å². The van der Waals surface area contributed by atoms with E-state index in [9.17, 15) is 29.4 Å². The Kier molecular flexibility index (Phi) is 6.52. The zero-order chi connectivity index (χ0) is 26.0. The van der Waals surface area contributed by atoms with Crippen molar-refractivity contribution in [3.8, 4) is 0 Å². The van der Waals surface area contributed by atoms with Gasteiger partial charge in [-0.25, -0.2) is 9.59 Å². The number of carboxylic acid groups (broad SMARTS) is 2. The lowest BCUT2D eigenvalue weighted by atomic mass is 9.90.